The highest BCUT2D eigenvalue weighted by Crippen LogP contribution is 2.35. The van der Waals surface area contributed by atoms with Crippen LogP contribution in [-0.2, 0) is 10.3 Å². The fraction of sp³-hybridized carbons (Fsp3) is 0.588. The molecule has 0 saturated heterocycles. The van der Waals surface area contributed by atoms with Crippen LogP contribution in [0.4, 0.5) is 10.5 Å². The summed E-state index contributed by atoms with van der Waals surface area (Å²) in [5, 5.41) is 2.74. The summed E-state index contributed by atoms with van der Waals surface area (Å²) < 4.78 is 5.23. The third kappa shape index (κ3) is 4.46. The summed E-state index contributed by atoms with van der Waals surface area (Å²) in [7, 11) is 0. The Balaban J connectivity index is 2.00. The third-order valence-corrected chi connectivity index (χ3v) is 3.85. The standard InChI is InChI=1S/C17H26N2O2/c1-16(2,3)21-15(20)19-14-9-7-13(8-10-14)17(18)11-5-4-6-12-17/h7-10H,4-6,11-12,18H2,1-3H3,(H,19,20). The molecule has 3 N–H and O–H groups in total. The molecule has 1 aromatic carbocycles. The van der Waals surface area contributed by atoms with Crippen LogP contribution in [0.3, 0.4) is 0 Å². The topological polar surface area (TPSA) is 64.3 Å². The van der Waals surface area contributed by atoms with Crippen molar-refractivity contribution < 1.29 is 9.53 Å². The van der Waals surface area contributed by atoms with Gasteiger partial charge in [-0.15, -0.1) is 0 Å². The molecule has 1 amide bonds. The highest BCUT2D eigenvalue weighted by Gasteiger charge is 2.29. The zero-order chi connectivity index (χ0) is 15.5. The van der Waals surface area contributed by atoms with E-state index in [-0.39, 0.29) is 5.54 Å². The monoisotopic (exact) mass is 290 g/mol. The van der Waals surface area contributed by atoms with Crippen molar-refractivity contribution in [3.05, 3.63) is 29.8 Å². The number of carbonyl (C=O) groups is 1. The maximum atomic E-state index is 11.7. The lowest BCUT2D eigenvalue weighted by molar-refractivity contribution is 0.0636. The Morgan fingerprint density at radius 2 is 1.71 bits per heavy atom. The normalized spacial score (nSPS) is 18.1. The molecule has 0 radical (unpaired) electrons. The van der Waals surface area contributed by atoms with Crippen LogP contribution in [0.1, 0.15) is 58.4 Å². The summed E-state index contributed by atoms with van der Waals surface area (Å²) in [4.78, 5) is 11.7. The number of ether oxygens (including phenoxy) is 1. The molecule has 4 nitrogen and oxygen atoms in total. The van der Waals surface area contributed by atoms with E-state index in [1.54, 1.807) is 0 Å². The molecule has 0 bridgehead atoms. The van der Waals surface area contributed by atoms with Crippen LogP contribution in [0, 0.1) is 0 Å². The van der Waals surface area contributed by atoms with Gasteiger partial charge in [-0.2, -0.15) is 0 Å². The van der Waals surface area contributed by atoms with Crippen LogP contribution < -0.4 is 11.1 Å². The number of amides is 1. The van der Waals surface area contributed by atoms with E-state index in [4.69, 9.17) is 10.5 Å². The molecule has 21 heavy (non-hydrogen) atoms. The summed E-state index contributed by atoms with van der Waals surface area (Å²) in [5.74, 6) is 0. The molecule has 2 rings (SSSR count). The molecule has 1 fully saturated rings. The molecule has 4 heteroatoms. The SMILES string of the molecule is CC(C)(C)OC(=O)Nc1ccc(C2(N)CCCCC2)cc1. The van der Waals surface area contributed by atoms with Crippen LogP contribution in [0.25, 0.3) is 0 Å². The molecule has 0 unspecified atom stereocenters. The van der Waals surface area contributed by atoms with Gasteiger partial charge in [0, 0.05) is 11.2 Å². The molecule has 0 spiro atoms. The molecule has 1 aliphatic carbocycles. The number of rotatable bonds is 2. The van der Waals surface area contributed by atoms with Gasteiger partial charge in [0.1, 0.15) is 5.60 Å². The average Bonchev–Trinajstić information content (AvgIpc) is 2.38. The highest BCUT2D eigenvalue weighted by molar-refractivity contribution is 5.84. The lowest BCUT2D eigenvalue weighted by atomic mass is 9.77. The van der Waals surface area contributed by atoms with Gasteiger partial charge in [0.2, 0.25) is 0 Å². The first-order valence-corrected chi connectivity index (χ1v) is 7.68. The van der Waals surface area contributed by atoms with Gasteiger partial charge in [0.15, 0.2) is 0 Å². The summed E-state index contributed by atoms with van der Waals surface area (Å²) in [6, 6.07) is 7.81. The van der Waals surface area contributed by atoms with E-state index in [0.717, 1.165) is 24.1 Å². The molecule has 1 aromatic rings. The van der Waals surface area contributed by atoms with Gasteiger partial charge in [-0.05, 0) is 51.3 Å². The second kappa shape index (κ2) is 6.06. The van der Waals surface area contributed by atoms with Crippen LogP contribution >= 0.6 is 0 Å². The van der Waals surface area contributed by atoms with E-state index in [1.165, 1.54) is 19.3 Å². The number of hydrogen-bond donors (Lipinski definition) is 2. The van der Waals surface area contributed by atoms with E-state index >= 15 is 0 Å². The second-order valence-corrected chi connectivity index (χ2v) is 6.92. The highest BCUT2D eigenvalue weighted by atomic mass is 16.6. The maximum absolute atomic E-state index is 11.7. The number of carbonyl (C=O) groups excluding carboxylic acids is 1. The van der Waals surface area contributed by atoms with Crippen molar-refractivity contribution in [1.82, 2.24) is 0 Å². The van der Waals surface area contributed by atoms with E-state index in [2.05, 4.69) is 5.32 Å². The number of nitrogens with one attached hydrogen (secondary N) is 1. The average molecular weight is 290 g/mol. The van der Waals surface area contributed by atoms with Gasteiger partial charge in [0.05, 0.1) is 0 Å². The van der Waals surface area contributed by atoms with Gasteiger partial charge >= 0.3 is 6.09 Å². The Bertz CT molecular complexity index is 483. The lowest BCUT2D eigenvalue weighted by Gasteiger charge is -2.34. The van der Waals surface area contributed by atoms with Crippen molar-refractivity contribution in [2.45, 2.75) is 64.0 Å². The lowest BCUT2D eigenvalue weighted by Crippen LogP contribution is -2.38. The zero-order valence-corrected chi connectivity index (χ0v) is 13.2. The molecule has 0 aromatic heterocycles. The van der Waals surface area contributed by atoms with Gasteiger partial charge in [-0.3, -0.25) is 5.32 Å². The number of hydrogen-bond acceptors (Lipinski definition) is 3. The van der Waals surface area contributed by atoms with Gasteiger partial charge in [0.25, 0.3) is 0 Å². The largest absolute Gasteiger partial charge is 0.444 e. The number of anilines is 1. The van der Waals surface area contributed by atoms with Gasteiger partial charge in [-0.25, -0.2) is 4.79 Å². The predicted octanol–water partition coefficient (Wildman–Crippen LogP) is 4.15. The first-order chi connectivity index (χ1) is 9.78. The van der Waals surface area contributed by atoms with Crippen LogP contribution in [0.15, 0.2) is 24.3 Å². The molecule has 116 valence electrons. The molecule has 0 aliphatic heterocycles. The van der Waals surface area contributed by atoms with Gasteiger partial charge in [-0.1, -0.05) is 31.4 Å². The van der Waals surface area contributed by atoms with Crippen molar-refractivity contribution in [3.63, 3.8) is 0 Å². The molecule has 0 atom stereocenters. The Kier molecular flexibility index (Phi) is 4.57. The molecule has 0 heterocycles. The minimum Gasteiger partial charge on any atom is -0.444 e. The Hall–Kier alpha value is -1.55. The van der Waals surface area contributed by atoms with E-state index in [9.17, 15) is 4.79 Å². The Labute approximate surface area is 127 Å². The number of nitrogens with two attached hydrogens (primary N) is 1. The first kappa shape index (κ1) is 15.8. The first-order valence-electron chi connectivity index (χ1n) is 7.68. The molecular weight excluding hydrogens is 264 g/mol. The fourth-order valence-corrected chi connectivity index (χ4v) is 2.78. The van der Waals surface area contributed by atoms with Crippen molar-refractivity contribution in [2.75, 3.05) is 5.32 Å². The Morgan fingerprint density at radius 3 is 2.24 bits per heavy atom. The quantitative estimate of drug-likeness (QED) is 0.860. The van der Waals surface area contributed by atoms with Crippen molar-refractivity contribution in [1.29, 1.82) is 0 Å². The summed E-state index contributed by atoms with van der Waals surface area (Å²) in [6.07, 6.45) is 5.29. The predicted molar refractivity (Wildman–Crippen MR) is 85.2 cm³/mol. The molecular formula is C17H26N2O2. The van der Waals surface area contributed by atoms with Crippen molar-refractivity contribution in [3.8, 4) is 0 Å². The number of benzene rings is 1. The third-order valence-electron chi connectivity index (χ3n) is 3.85. The van der Waals surface area contributed by atoms with Crippen LogP contribution in [-0.4, -0.2) is 11.7 Å². The minimum absolute atomic E-state index is 0.206. The molecule has 1 saturated carbocycles. The summed E-state index contributed by atoms with van der Waals surface area (Å²) in [5.41, 5.74) is 7.68. The van der Waals surface area contributed by atoms with E-state index in [1.807, 2.05) is 45.0 Å². The maximum Gasteiger partial charge on any atom is 0.412 e. The molecule has 1 aliphatic rings. The Morgan fingerprint density at radius 1 is 1.14 bits per heavy atom. The van der Waals surface area contributed by atoms with Crippen LogP contribution in [0.5, 0.6) is 0 Å². The zero-order valence-electron chi connectivity index (χ0n) is 13.2. The van der Waals surface area contributed by atoms with E-state index in [0.29, 0.717) is 0 Å². The second-order valence-electron chi connectivity index (χ2n) is 6.92. The van der Waals surface area contributed by atoms with Crippen LogP contribution in [0.2, 0.25) is 0 Å². The summed E-state index contributed by atoms with van der Waals surface area (Å²) >= 11 is 0. The van der Waals surface area contributed by atoms with Crippen molar-refractivity contribution in [2.24, 2.45) is 5.73 Å². The van der Waals surface area contributed by atoms with Crippen molar-refractivity contribution >= 4 is 11.8 Å². The minimum atomic E-state index is -0.493. The van der Waals surface area contributed by atoms with E-state index < -0.39 is 11.7 Å². The van der Waals surface area contributed by atoms with Gasteiger partial charge < -0.3 is 10.5 Å². The summed E-state index contributed by atoms with van der Waals surface area (Å²) in [6.45, 7) is 5.53. The fourth-order valence-electron chi connectivity index (χ4n) is 2.78. The smallest absolute Gasteiger partial charge is 0.412 e.